The van der Waals surface area contributed by atoms with E-state index in [0.29, 0.717) is 5.92 Å². The van der Waals surface area contributed by atoms with Gasteiger partial charge < -0.3 is 11.1 Å². The quantitative estimate of drug-likeness (QED) is 0.785. The molecule has 2 unspecified atom stereocenters. The summed E-state index contributed by atoms with van der Waals surface area (Å²) in [7, 11) is 0. The predicted octanol–water partition coefficient (Wildman–Crippen LogP) is 1.65. The first kappa shape index (κ1) is 10.7. The maximum atomic E-state index is 5.93. The van der Waals surface area contributed by atoms with E-state index in [1.807, 2.05) is 0 Å². The fourth-order valence-corrected chi connectivity index (χ4v) is 2.60. The van der Waals surface area contributed by atoms with Crippen LogP contribution in [-0.2, 0) is 0 Å². The van der Waals surface area contributed by atoms with Gasteiger partial charge in [0.25, 0.3) is 0 Å². The lowest BCUT2D eigenvalue weighted by Gasteiger charge is -2.23. The van der Waals surface area contributed by atoms with Gasteiger partial charge in [-0.2, -0.15) is 0 Å². The van der Waals surface area contributed by atoms with Gasteiger partial charge in [0.05, 0.1) is 0 Å². The van der Waals surface area contributed by atoms with Crippen LogP contribution in [0.15, 0.2) is 24.3 Å². The fourth-order valence-electron chi connectivity index (χ4n) is 2.60. The van der Waals surface area contributed by atoms with Crippen LogP contribution in [0.4, 0.5) is 0 Å². The first-order valence-corrected chi connectivity index (χ1v) is 5.79. The summed E-state index contributed by atoms with van der Waals surface area (Å²) in [6.07, 6.45) is 1.26. The molecule has 0 saturated carbocycles. The molecule has 2 nitrogen and oxygen atoms in total. The predicted molar refractivity (Wildman–Crippen MR) is 64.0 cm³/mol. The summed E-state index contributed by atoms with van der Waals surface area (Å²) in [5.41, 5.74) is 8.74. The van der Waals surface area contributed by atoms with E-state index in [4.69, 9.17) is 5.73 Å². The Kier molecular flexibility index (Phi) is 3.39. The van der Waals surface area contributed by atoms with Crippen molar-refractivity contribution in [2.24, 2.45) is 11.7 Å². The summed E-state index contributed by atoms with van der Waals surface area (Å²) in [5, 5.41) is 3.42. The number of benzene rings is 1. The molecule has 1 aromatic rings. The van der Waals surface area contributed by atoms with Crippen molar-refractivity contribution in [3.8, 4) is 0 Å². The van der Waals surface area contributed by atoms with Crippen molar-refractivity contribution in [2.75, 3.05) is 19.6 Å². The van der Waals surface area contributed by atoms with E-state index in [2.05, 4.69) is 36.5 Å². The SMILES string of the molecule is Cc1ccccc1C(CN)C1CCNC1. The van der Waals surface area contributed by atoms with Crippen LogP contribution in [0.3, 0.4) is 0 Å². The van der Waals surface area contributed by atoms with Crippen molar-refractivity contribution in [3.05, 3.63) is 35.4 Å². The summed E-state index contributed by atoms with van der Waals surface area (Å²) in [6.45, 7) is 5.21. The van der Waals surface area contributed by atoms with Gasteiger partial charge in [0.15, 0.2) is 0 Å². The second kappa shape index (κ2) is 4.77. The topological polar surface area (TPSA) is 38.0 Å². The second-order valence-corrected chi connectivity index (χ2v) is 4.45. The van der Waals surface area contributed by atoms with Gasteiger partial charge in [0.2, 0.25) is 0 Å². The number of rotatable bonds is 3. The molecule has 0 spiro atoms. The second-order valence-electron chi connectivity index (χ2n) is 4.45. The monoisotopic (exact) mass is 204 g/mol. The van der Waals surface area contributed by atoms with E-state index < -0.39 is 0 Å². The minimum absolute atomic E-state index is 0.529. The molecular formula is C13H20N2. The Morgan fingerprint density at radius 1 is 1.47 bits per heavy atom. The molecule has 0 aliphatic carbocycles. The van der Waals surface area contributed by atoms with Gasteiger partial charge in [-0.15, -0.1) is 0 Å². The zero-order chi connectivity index (χ0) is 10.7. The van der Waals surface area contributed by atoms with Crippen molar-refractivity contribution < 1.29 is 0 Å². The van der Waals surface area contributed by atoms with E-state index in [-0.39, 0.29) is 0 Å². The molecule has 0 aromatic heterocycles. The van der Waals surface area contributed by atoms with Gasteiger partial charge in [-0.1, -0.05) is 24.3 Å². The Morgan fingerprint density at radius 2 is 2.27 bits per heavy atom. The lowest BCUT2D eigenvalue weighted by molar-refractivity contribution is 0.463. The van der Waals surface area contributed by atoms with Crippen LogP contribution in [0.25, 0.3) is 0 Å². The molecule has 1 fully saturated rings. The standard InChI is InChI=1S/C13H20N2/c1-10-4-2-3-5-12(10)13(8-14)11-6-7-15-9-11/h2-5,11,13,15H,6-9,14H2,1H3. The van der Waals surface area contributed by atoms with Gasteiger partial charge in [0.1, 0.15) is 0 Å². The molecule has 2 heteroatoms. The van der Waals surface area contributed by atoms with Gasteiger partial charge in [0, 0.05) is 5.92 Å². The molecule has 0 amide bonds. The molecule has 15 heavy (non-hydrogen) atoms. The minimum atomic E-state index is 0.529. The number of nitrogens with one attached hydrogen (secondary N) is 1. The molecule has 2 rings (SSSR count). The molecule has 2 atom stereocenters. The highest BCUT2D eigenvalue weighted by atomic mass is 14.9. The van der Waals surface area contributed by atoms with Crippen molar-refractivity contribution in [1.82, 2.24) is 5.32 Å². The van der Waals surface area contributed by atoms with Crippen molar-refractivity contribution in [2.45, 2.75) is 19.3 Å². The van der Waals surface area contributed by atoms with Gasteiger partial charge in [-0.3, -0.25) is 0 Å². The maximum Gasteiger partial charge on any atom is 0.000464 e. The third kappa shape index (κ3) is 2.21. The number of hydrogen-bond acceptors (Lipinski definition) is 2. The average Bonchev–Trinajstić information content (AvgIpc) is 2.75. The first-order chi connectivity index (χ1) is 7.33. The van der Waals surface area contributed by atoms with Crippen LogP contribution in [0.1, 0.15) is 23.5 Å². The van der Waals surface area contributed by atoms with Crippen molar-refractivity contribution in [3.63, 3.8) is 0 Å². The van der Waals surface area contributed by atoms with Crippen LogP contribution in [-0.4, -0.2) is 19.6 Å². The highest BCUT2D eigenvalue weighted by Gasteiger charge is 2.25. The third-order valence-electron chi connectivity index (χ3n) is 3.51. The van der Waals surface area contributed by atoms with Crippen LogP contribution >= 0.6 is 0 Å². The summed E-state index contributed by atoms with van der Waals surface area (Å²) in [5.74, 6) is 1.25. The van der Waals surface area contributed by atoms with Crippen molar-refractivity contribution in [1.29, 1.82) is 0 Å². The number of nitrogens with two attached hydrogens (primary N) is 1. The maximum absolute atomic E-state index is 5.93. The summed E-state index contributed by atoms with van der Waals surface area (Å²) in [6, 6.07) is 8.62. The Labute approximate surface area is 91.9 Å². The number of hydrogen-bond donors (Lipinski definition) is 2. The smallest absolute Gasteiger partial charge is 0.000464 e. The van der Waals surface area contributed by atoms with Gasteiger partial charge in [-0.05, 0) is 50.0 Å². The Hall–Kier alpha value is -0.860. The van der Waals surface area contributed by atoms with E-state index >= 15 is 0 Å². The summed E-state index contributed by atoms with van der Waals surface area (Å²) in [4.78, 5) is 0. The van der Waals surface area contributed by atoms with Gasteiger partial charge >= 0.3 is 0 Å². The molecule has 1 aliphatic rings. The summed E-state index contributed by atoms with van der Waals surface area (Å²) >= 11 is 0. The van der Waals surface area contributed by atoms with Crippen LogP contribution in [0, 0.1) is 12.8 Å². The normalized spacial score (nSPS) is 22.9. The van der Waals surface area contributed by atoms with Crippen LogP contribution in [0.5, 0.6) is 0 Å². The lowest BCUT2D eigenvalue weighted by Crippen LogP contribution is -2.24. The highest BCUT2D eigenvalue weighted by Crippen LogP contribution is 2.29. The zero-order valence-electron chi connectivity index (χ0n) is 9.37. The zero-order valence-corrected chi connectivity index (χ0v) is 9.37. The van der Waals surface area contributed by atoms with Crippen LogP contribution in [0.2, 0.25) is 0 Å². The molecule has 1 heterocycles. The third-order valence-corrected chi connectivity index (χ3v) is 3.51. The molecule has 3 N–H and O–H groups in total. The largest absolute Gasteiger partial charge is 0.330 e. The molecular weight excluding hydrogens is 184 g/mol. The lowest BCUT2D eigenvalue weighted by atomic mass is 9.83. The van der Waals surface area contributed by atoms with E-state index in [9.17, 15) is 0 Å². The van der Waals surface area contributed by atoms with E-state index in [1.165, 1.54) is 17.5 Å². The fraction of sp³-hybridized carbons (Fsp3) is 0.538. The molecule has 0 radical (unpaired) electrons. The minimum Gasteiger partial charge on any atom is -0.330 e. The Morgan fingerprint density at radius 3 is 2.87 bits per heavy atom. The van der Waals surface area contributed by atoms with Gasteiger partial charge in [-0.25, -0.2) is 0 Å². The molecule has 82 valence electrons. The van der Waals surface area contributed by atoms with E-state index in [1.54, 1.807) is 0 Å². The van der Waals surface area contributed by atoms with E-state index in [0.717, 1.165) is 25.6 Å². The number of aryl methyl sites for hydroxylation is 1. The average molecular weight is 204 g/mol. The van der Waals surface area contributed by atoms with Crippen LogP contribution < -0.4 is 11.1 Å². The molecule has 0 bridgehead atoms. The Bertz CT molecular complexity index is 316. The highest BCUT2D eigenvalue weighted by molar-refractivity contribution is 5.30. The Balaban J connectivity index is 2.22. The first-order valence-electron chi connectivity index (χ1n) is 5.79. The molecule has 1 aliphatic heterocycles. The van der Waals surface area contributed by atoms with Crippen molar-refractivity contribution >= 4 is 0 Å². The summed E-state index contributed by atoms with van der Waals surface area (Å²) < 4.78 is 0. The molecule has 1 saturated heterocycles. The molecule has 1 aromatic carbocycles.